The summed E-state index contributed by atoms with van der Waals surface area (Å²) in [6.45, 7) is 2.93. The molecule has 0 fully saturated rings. The number of benzene rings is 3. The zero-order valence-electron chi connectivity index (χ0n) is 15.0. The molecule has 0 atom stereocenters. The van der Waals surface area contributed by atoms with Crippen LogP contribution in [0.15, 0.2) is 84.9 Å². The molecule has 3 rings (SSSR count). The lowest BCUT2D eigenvalue weighted by Gasteiger charge is -2.23. The zero-order chi connectivity index (χ0) is 18.2. The van der Waals surface area contributed by atoms with Crippen LogP contribution >= 0.6 is 0 Å². The Morgan fingerprint density at radius 2 is 1.58 bits per heavy atom. The summed E-state index contributed by atoms with van der Waals surface area (Å²) < 4.78 is 5.75. The minimum Gasteiger partial charge on any atom is -0.493 e. The van der Waals surface area contributed by atoms with E-state index in [0.29, 0.717) is 19.6 Å². The first-order chi connectivity index (χ1) is 12.7. The normalized spacial score (nSPS) is 10.3. The second-order valence-electron chi connectivity index (χ2n) is 6.22. The Hall–Kier alpha value is -3.07. The van der Waals surface area contributed by atoms with Crippen molar-refractivity contribution in [1.82, 2.24) is 0 Å². The van der Waals surface area contributed by atoms with Crippen molar-refractivity contribution in [2.45, 2.75) is 19.9 Å². The number of ether oxygens (including phenoxy) is 1. The van der Waals surface area contributed by atoms with Crippen molar-refractivity contribution in [2.24, 2.45) is 0 Å². The number of para-hydroxylation sites is 1. The van der Waals surface area contributed by atoms with Gasteiger partial charge in [0.15, 0.2) is 0 Å². The third-order valence-electron chi connectivity index (χ3n) is 4.13. The van der Waals surface area contributed by atoms with Crippen LogP contribution in [0.5, 0.6) is 5.75 Å². The Bertz CT molecular complexity index is 831. The van der Waals surface area contributed by atoms with E-state index in [0.717, 1.165) is 22.6 Å². The number of aryl methyl sites for hydroxylation is 1. The Balaban J connectivity index is 1.66. The quantitative estimate of drug-likeness (QED) is 0.603. The number of anilines is 1. The molecule has 0 spiro atoms. The van der Waals surface area contributed by atoms with Crippen molar-refractivity contribution >= 4 is 11.6 Å². The number of hydrogen-bond donors (Lipinski definition) is 0. The van der Waals surface area contributed by atoms with E-state index < -0.39 is 0 Å². The summed E-state index contributed by atoms with van der Waals surface area (Å²) in [5.74, 6) is 0.847. The summed E-state index contributed by atoms with van der Waals surface area (Å²) in [6.07, 6.45) is 0.329. The summed E-state index contributed by atoms with van der Waals surface area (Å²) in [4.78, 5) is 14.7. The van der Waals surface area contributed by atoms with E-state index in [1.54, 1.807) is 0 Å². The van der Waals surface area contributed by atoms with Crippen molar-refractivity contribution in [3.63, 3.8) is 0 Å². The van der Waals surface area contributed by atoms with Crippen LogP contribution in [0.1, 0.15) is 17.5 Å². The largest absolute Gasteiger partial charge is 0.493 e. The van der Waals surface area contributed by atoms with Crippen LogP contribution in [0.2, 0.25) is 0 Å². The molecule has 1 amide bonds. The molecule has 3 aromatic rings. The van der Waals surface area contributed by atoms with Gasteiger partial charge in [-0.2, -0.15) is 0 Å². The first-order valence-corrected chi connectivity index (χ1v) is 8.81. The molecule has 0 aliphatic heterocycles. The van der Waals surface area contributed by atoms with Gasteiger partial charge in [0.1, 0.15) is 5.75 Å². The Labute approximate surface area is 154 Å². The third-order valence-corrected chi connectivity index (χ3v) is 4.13. The number of nitrogens with zero attached hydrogens (tertiary/aromatic N) is 1. The van der Waals surface area contributed by atoms with Gasteiger partial charge >= 0.3 is 0 Å². The average molecular weight is 345 g/mol. The van der Waals surface area contributed by atoms with E-state index in [9.17, 15) is 4.79 Å². The second kappa shape index (κ2) is 8.86. The molecule has 0 bridgehead atoms. The van der Waals surface area contributed by atoms with Crippen molar-refractivity contribution in [2.75, 3.05) is 11.5 Å². The fraction of sp³-hybridized carbons (Fsp3) is 0.174. The summed E-state index contributed by atoms with van der Waals surface area (Å²) in [5.41, 5.74) is 3.14. The molecule has 26 heavy (non-hydrogen) atoms. The minimum atomic E-state index is 0.0488. The molecule has 0 N–H and O–H groups in total. The van der Waals surface area contributed by atoms with Crippen molar-refractivity contribution in [3.8, 4) is 5.75 Å². The molecule has 3 aromatic carbocycles. The Kier molecular flexibility index (Phi) is 6.05. The SMILES string of the molecule is Cc1cccc(OCCC(=O)N(Cc2ccccc2)c2ccccc2)c1. The Morgan fingerprint density at radius 1 is 0.885 bits per heavy atom. The first-order valence-electron chi connectivity index (χ1n) is 8.81. The maximum atomic E-state index is 12.9. The first kappa shape index (κ1) is 17.7. The maximum absolute atomic E-state index is 12.9. The van der Waals surface area contributed by atoms with E-state index >= 15 is 0 Å². The van der Waals surface area contributed by atoms with Crippen LogP contribution in [0, 0.1) is 6.92 Å². The smallest absolute Gasteiger partial charge is 0.230 e. The molecule has 0 radical (unpaired) electrons. The molecule has 0 saturated carbocycles. The van der Waals surface area contributed by atoms with Crippen LogP contribution in [0.3, 0.4) is 0 Å². The van der Waals surface area contributed by atoms with E-state index in [2.05, 4.69) is 0 Å². The zero-order valence-corrected chi connectivity index (χ0v) is 15.0. The number of hydrogen-bond acceptors (Lipinski definition) is 2. The monoisotopic (exact) mass is 345 g/mol. The van der Waals surface area contributed by atoms with Crippen molar-refractivity contribution in [3.05, 3.63) is 96.1 Å². The highest BCUT2D eigenvalue weighted by Gasteiger charge is 2.16. The molecule has 3 heteroatoms. The van der Waals surface area contributed by atoms with E-state index in [1.165, 1.54) is 0 Å². The van der Waals surface area contributed by atoms with Gasteiger partial charge in [0.2, 0.25) is 5.91 Å². The highest BCUT2D eigenvalue weighted by atomic mass is 16.5. The number of amides is 1. The predicted molar refractivity (Wildman–Crippen MR) is 105 cm³/mol. The lowest BCUT2D eigenvalue weighted by atomic mass is 10.2. The summed E-state index contributed by atoms with van der Waals surface area (Å²) in [7, 11) is 0. The highest BCUT2D eigenvalue weighted by molar-refractivity contribution is 5.93. The molecule has 0 saturated heterocycles. The van der Waals surface area contributed by atoms with E-state index in [4.69, 9.17) is 4.74 Å². The maximum Gasteiger partial charge on any atom is 0.230 e. The van der Waals surface area contributed by atoms with Gasteiger partial charge in [0.25, 0.3) is 0 Å². The average Bonchev–Trinajstić information content (AvgIpc) is 2.67. The Morgan fingerprint density at radius 3 is 2.27 bits per heavy atom. The molecule has 0 aliphatic rings. The molecule has 3 nitrogen and oxygen atoms in total. The van der Waals surface area contributed by atoms with E-state index in [-0.39, 0.29) is 5.91 Å². The van der Waals surface area contributed by atoms with Gasteiger partial charge in [0.05, 0.1) is 19.6 Å². The van der Waals surface area contributed by atoms with Crippen molar-refractivity contribution < 1.29 is 9.53 Å². The lowest BCUT2D eigenvalue weighted by Crippen LogP contribution is -2.31. The van der Waals surface area contributed by atoms with Gasteiger partial charge in [-0.25, -0.2) is 0 Å². The van der Waals surface area contributed by atoms with Gasteiger partial charge in [-0.15, -0.1) is 0 Å². The van der Waals surface area contributed by atoms with Crippen LogP contribution in [-0.4, -0.2) is 12.5 Å². The number of rotatable bonds is 7. The molecule has 0 aliphatic carbocycles. The number of carbonyl (C=O) groups excluding carboxylic acids is 1. The lowest BCUT2D eigenvalue weighted by molar-refractivity contribution is -0.119. The standard InChI is InChI=1S/C23H23NO2/c1-19-9-8-14-22(17-19)26-16-15-23(25)24(21-12-6-3-7-13-21)18-20-10-4-2-5-11-20/h2-14,17H,15-16,18H2,1H3. The molecule has 0 unspecified atom stereocenters. The van der Waals surface area contributed by atoms with Gasteiger partial charge in [0, 0.05) is 5.69 Å². The highest BCUT2D eigenvalue weighted by Crippen LogP contribution is 2.19. The summed E-state index contributed by atoms with van der Waals surface area (Å²) in [5, 5.41) is 0. The summed E-state index contributed by atoms with van der Waals surface area (Å²) >= 11 is 0. The minimum absolute atomic E-state index is 0.0488. The third kappa shape index (κ3) is 4.96. The van der Waals surface area contributed by atoms with Crippen LogP contribution in [0.4, 0.5) is 5.69 Å². The molecule has 0 aromatic heterocycles. The fourth-order valence-electron chi connectivity index (χ4n) is 2.79. The van der Waals surface area contributed by atoms with E-state index in [1.807, 2.05) is 96.8 Å². The van der Waals surface area contributed by atoms with Gasteiger partial charge < -0.3 is 9.64 Å². The summed E-state index contributed by atoms with van der Waals surface area (Å²) in [6, 6.07) is 27.7. The van der Waals surface area contributed by atoms with Gasteiger partial charge in [-0.05, 0) is 42.3 Å². The van der Waals surface area contributed by atoms with Gasteiger partial charge in [-0.1, -0.05) is 60.7 Å². The second-order valence-corrected chi connectivity index (χ2v) is 6.22. The fourth-order valence-corrected chi connectivity index (χ4v) is 2.79. The topological polar surface area (TPSA) is 29.5 Å². The van der Waals surface area contributed by atoms with Crippen molar-refractivity contribution in [1.29, 1.82) is 0 Å². The van der Waals surface area contributed by atoms with Crippen LogP contribution < -0.4 is 9.64 Å². The molecular formula is C23H23NO2. The molecule has 132 valence electrons. The van der Waals surface area contributed by atoms with Crippen LogP contribution in [0.25, 0.3) is 0 Å². The molecular weight excluding hydrogens is 322 g/mol. The number of carbonyl (C=O) groups is 1. The molecule has 0 heterocycles. The van der Waals surface area contributed by atoms with Crippen LogP contribution in [-0.2, 0) is 11.3 Å². The predicted octanol–water partition coefficient (Wildman–Crippen LogP) is 5.00. The van der Waals surface area contributed by atoms with Gasteiger partial charge in [-0.3, -0.25) is 4.79 Å².